The molecule has 0 bridgehead atoms. The summed E-state index contributed by atoms with van der Waals surface area (Å²) in [7, 11) is 1.62. The second-order valence-electron chi connectivity index (χ2n) is 8.23. The van der Waals surface area contributed by atoms with Gasteiger partial charge in [0, 0.05) is 35.8 Å². The lowest BCUT2D eigenvalue weighted by atomic mass is 10.1. The number of hydrogen-bond donors (Lipinski definition) is 2. The predicted octanol–water partition coefficient (Wildman–Crippen LogP) is 5.89. The first kappa shape index (κ1) is 21.6. The van der Waals surface area contributed by atoms with Crippen LogP contribution in [-0.2, 0) is 5.60 Å². The quantitative estimate of drug-likeness (QED) is 0.336. The van der Waals surface area contributed by atoms with Crippen LogP contribution in [0.4, 0.5) is 4.79 Å². The predicted molar refractivity (Wildman–Crippen MR) is 133 cm³/mol. The number of thiophene rings is 1. The molecule has 0 spiro atoms. The van der Waals surface area contributed by atoms with E-state index in [4.69, 9.17) is 4.74 Å². The number of aliphatic hydroxyl groups is 1. The number of rotatable bonds is 4. The van der Waals surface area contributed by atoms with Crippen molar-refractivity contribution in [3.8, 4) is 21.4 Å². The van der Waals surface area contributed by atoms with Crippen LogP contribution in [0, 0.1) is 6.92 Å². The highest BCUT2D eigenvalue weighted by Crippen LogP contribution is 2.41. The van der Waals surface area contributed by atoms with Gasteiger partial charge in [-0.3, -0.25) is 9.55 Å². The van der Waals surface area contributed by atoms with Crippen molar-refractivity contribution < 1.29 is 14.6 Å². The molecule has 0 aliphatic rings. The molecule has 0 saturated heterocycles. The number of amides is 1. The maximum absolute atomic E-state index is 12.2. The summed E-state index contributed by atoms with van der Waals surface area (Å²) in [5, 5.41) is 16.5. The Morgan fingerprint density at radius 3 is 2.76 bits per heavy atom. The molecule has 168 valence electrons. The van der Waals surface area contributed by atoms with Gasteiger partial charge >= 0.3 is 6.03 Å². The Kier molecular flexibility index (Phi) is 5.19. The first-order chi connectivity index (χ1) is 15.7. The van der Waals surface area contributed by atoms with Crippen molar-refractivity contribution >= 4 is 49.8 Å². The van der Waals surface area contributed by atoms with Crippen LogP contribution in [0.3, 0.4) is 0 Å². The zero-order valence-electron chi connectivity index (χ0n) is 18.5. The van der Waals surface area contributed by atoms with E-state index in [1.54, 1.807) is 43.0 Å². The zero-order valence-corrected chi connectivity index (χ0v) is 20.2. The summed E-state index contributed by atoms with van der Waals surface area (Å²) in [6, 6.07) is 11.3. The minimum Gasteiger partial charge on any atom is -0.456 e. The highest BCUT2D eigenvalue weighted by Gasteiger charge is 2.21. The van der Waals surface area contributed by atoms with Crippen molar-refractivity contribution in [1.82, 2.24) is 19.9 Å². The Balaban J connectivity index is 1.50. The Hall–Kier alpha value is -3.27. The van der Waals surface area contributed by atoms with Crippen molar-refractivity contribution in [1.29, 1.82) is 0 Å². The van der Waals surface area contributed by atoms with Gasteiger partial charge in [0.15, 0.2) is 0 Å². The van der Waals surface area contributed by atoms with Crippen molar-refractivity contribution in [2.24, 2.45) is 0 Å². The lowest BCUT2D eigenvalue weighted by molar-refractivity contribution is 0.0746. The highest BCUT2D eigenvalue weighted by atomic mass is 32.1. The zero-order chi connectivity index (χ0) is 23.3. The summed E-state index contributed by atoms with van der Waals surface area (Å²) >= 11 is 3.06. The molecule has 0 saturated carbocycles. The van der Waals surface area contributed by atoms with Gasteiger partial charge in [-0.15, -0.1) is 22.7 Å². The number of ether oxygens (including phenoxy) is 1. The van der Waals surface area contributed by atoms with E-state index in [1.807, 2.05) is 48.7 Å². The summed E-state index contributed by atoms with van der Waals surface area (Å²) in [4.78, 5) is 22.3. The Morgan fingerprint density at radius 2 is 2.03 bits per heavy atom. The van der Waals surface area contributed by atoms with Crippen molar-refractivity contribution in [2.75, 3.05) is 7.05 Å². The molecule has 0 fully saturated rings. The summed E-state index contributed by atoms with van der Waals surface area (Å²) in [6.07, 6.45) is 1.73. The maximum Gasteiger partial charge on any atom is 0.325 e. The van der Waals surface area contributed by atoms with E-state index >= 15 is 0 Å². The Bertz CT molecular complexity index is 1510. The van der Waals surface area contributed by atoms with Gasteiger partial charge in [-0.2, -0.15) is 0 Å². The molecule has 2 N–H and O–H groups in total. The summed E-state index contributed by atoms with van der Waals surface area (Å²) < 4.78 is 8.81. The largest absolute Gasteiger partial charge is 0.456 e. The average molecular weight is 479 g/mol. The molecule has 5 rings (SSSR count). The third kappa shape index (κ3) is 3.88. The standard InChI is InChI=1S/C24H22N4O3S2/c1-13-9-14-10-15(5-6-17(14)28(13)23(29)25-4)31-18-7-8-26-16-11-19(33-21(16)18)22-27-20(12-32-22)24(2,3)30/h5-12,30H,1-4H3,(H,25,29). The number of thiazole rings is 1. The first-order valence-corrected chi connectivity index (χ1v) is 12.0. The van der Waals surface area contributed by atoms with Gasteiger partial charge in [-0.1, -0.05) is 0 Å². The molecule has 4 heterocycles. The third-order valence-corrected chi connectivity index (χ3v) is 7.47. The van der Waals surface area contributed by atoms with Crippen LogP contribution in [-0.4, -0.2) is 32.7 Å². The summed E-state index contributed by atoms with van der Waals surface area (Å²) in [6.45, 7) is 5.36. The van der Waals surface area contributed by atoms with E-state index in [2.05, 4.69) is 15.3 Å². The molecule has 5 aromatic rings. The molecular formula is C24H22N4O3S2. The van der Waals surface area contributed by atoms with Crippen molar-refractivity contribution in [3.05, 3.63) is 59.4 Å². The van der Waals surface area contributed by atoms with Gasteiger partial charge in [0.05, 0.1) is 26.3 Å². The molecule has 0 radical (unpaired) electrons. The van der Waals surface area contributed by atoms with Crippen LogP contribution in [0.25, 0.3) is 31.0 Å². The molecule has 1 aromatic carbocycles. The maximum atomic E-state index is 12.2. The van der Waals surface area contributed by atoms with Crippen LogP contribution < -0.4 is 10.1 Å². The Labute approximate surface area is 198 Å². The van der Waals surface area contributed by atoms with E-state index in [0.717, 1.165) is 36.7 Å². The van der Waals surface area contributed by atoms with E-state index < -0.39 is 5.60 Å². The number of pyridine rings is 1. The number of benzene rings is 1. The van der Waals surface area contributed by atoms with Crippen molar-refractivity contribution in [2.45, 2.75) is 26.4 Å². The highest BCUT2D eigenvalue weighted by molar-refractivity contribution is 7.25. The normalized spacial score (nSPS) is 11.9. The van der Waals surface area contributed by atoms with Crippen LogP contribution in [0.15, 0.2) is 48.0 Å². The first-order valence-electron chi connectivity index (χ1n) is 10.3. The molecule has 1 amide bonds. The van der Waals surface area contributed by atoms with E-state index in [-0.39, 0.29) is 6.03 Å². The lowest BCUT2D eigenvalue weighted by Gasteiger charge is -2.12. The second-order valence-corrected chi connectivity index (χ2v) is 10.1. The lowest BCUT2D eigenvalue weighted by Crippen LogP contribution is -2.25. The minimum atomic E-state index is -0.980. The SMILES string of the molecule is CNC(=O)n1c(C)cc2cc(Oc3ccnc4cc(-c5nc(C(C)(C)O)cs5)sc34)ccc21. The summed E-state index contributed by atoms with van der Waals surface area (Å²) in [5.74, 6) is 1.38. The number of aryl methyl sites for hydroxylation is 1. The molecule has 0 atom stereocenters. The third-order valence-electron chi connectivity index (χ3n) is 5.32. The molecule has 7 nitrogen and oxygen atoms in total. The van der Waals surface area contributed by atoms with E-state index in [0.29, 0.717) is 17.2 Å². The molecule has 0 unspecified atom stereocenters. The van der Waals surface area contributed by atoms with Gasteiger partial charge in [-0.05, 0) is 51.1 Å². The average Bonchev–Trinajstić information content (AvgIpc) is 3.49. The van der Waals surface area contributed by atoms with Crippen LogP contribution in [0.2, 0.25) is 0 Å². The smallest absolute Gasteiger partial charge is 0.325 e. The monoisotopic (exact) mass is 478 g/mol. The second kappa shape index (κ2) is 7.95. The molecule has 0 aliphatic heterocycles. The van der Waals surface area contributed by atoms with E-state index in [9.17, 15) is 9.90 Å². The number of nitrogens with one attached hydrogen (secondary N) is 1. The van der Waals surface area contributed by atoms with Gasteiger partial charge in [0.25, 0.3) is 0 Å². The minimum absolute atomic E-state index is 0.173. The van der Waals surface area contributed by atoms with Gasteiger partial charge < -0.3 is 15.2 Å². The van der Waals surface area contributed by atoms with E-state index in [1.165, 1.54) is 11.3 Å². The number of carbonyl (C=O) groups is 1. The van der Waals surface area contributed by atoms with Crippen LogP contribution >= 0.6 is 22.7 Å². The molecule has 33 heavy (non-hydrogen) atoms. The molecular weight excluding hydrogens is 456 g/mol. The number of aromatic nitrogens is 3. The number of nitrogens with zero attached hydrogens (tertiary/aromatic N) is 3. The fourth-order valence-corrected chi connectivity index (χ4v) is 5.78. The van der Waals surface area contributed by atoms with Crippen LogP contribution in [0.1, 0.15) is 25.2 Å². The van der Waals surface area contributed by atoms with Gasteiger partial charge in [-0.25, -0.2) is 9.78 Å². The topological polar surface area (TPSA) is 89.3 Å². The fourth-order valence-electron chi connectivity index (χ4n) is 3.67. The molecule has 4 aromatic heterocycles. The Morgan fingerprint density at radius 1 is 1.21 bits per heavy atom. The van der Waals surface area contributed by atoms with Crippen LogP contribution in [0.5, 0.6) is 11.5 Å². The van der Waals surface area contributed by atoms with Gasteiger partial charge in [0.2, 0.25) is 0 Å². The molecule has 9 heteroatoms. The van der Waals surface area contributed by atoms with Crippen molar-refractivity contribution in [3.63, 3.8) is 0 Å². The number of hydrogen-bond acceptors (Lipinski definition) is 7. The number of carbonyl (C=O) groups excluding carboxylic acids is 1. The molecule has 0 aliphatic carbocycles. The number of fused-ring (bicyclic) bond motifs is 2. The van der Waals surface area contributed by atoms with Gasteiger partial charge in [0.1, 0.15) is 22.1 Å². The summed E-state index contributed by atoms with van der Waals surface area (Å²) in [5.41, 5.74) is 2.17. The fraction of sp³-hybridized carbons (Fsp3) is 0.208.